The molecule has 0 unspecified atom stereocenters. The summed E-state index contributed by atoms with van der Waals surface area (Å²) in [6.07, 6.45) is 2.76. The van der Waals surface area contributed by atoms with Gasteiger partial charge in [-0.15, -0.1) is 0 Å². The number of hydrogen-bond donors (Lipinski definition) is 2. The molecular weight excluding hydrogens is 223 g/mol. The monoisotopic (exact) mass is 238 g/mol. The van der Waals surface area contributed by atoms with Crippen molar-refractivity contribution in [1.82, 2.24) is 5.32 Å². The van der Waals surface area contributed by atoms with E-state index in [0.29, 0.717) is 13.1 Å². The molecular formula is C9H15KN2O3. The third-order valence-corrected chi connectivity index (χ3v) is 1.35. The minimum absolute atomic E-state index is 0. The first kappa shape index (κ1) is 17.7. The molecule has 0 rings (SSSR count). The first-order chi connectivity index (χ1) is 6.66. The topological polar surface area (TPSA) is 84.8 Å². The molecule has 0 amide bonds. The van der Waals surface area contributed by atoms with E-state index in [1.165, 1.54) is 0 Å². The smallest absolute Gasteiger partial charge is 0.859 e. The van der Waals surface area contributed by atoms with Crippen LogP contribution in [0.15, 0.2) is 17.1 Å². The summed E-state index contributed by atoms with van der Waals surface area (Å²) in [5.74, 6) is -1.65. The SMILES string of the molecule is CCCNCCN=C([O-])/C=C/C(=O)O.[K+]. The third kappa shape index (κ3) is 14.3. The summed E-state index contributed by atoms with van der Waals surface area (Å²) in [4.78, 5) is 13.6. The predicted octanol–water partition coefficient (Wildman–Crippen LogP) is -3.61. The van der Waals surface area contributed by atoms with Crippen LogP contribution in [0.3, 0.4) is 0 Å². The number of rotatable bonds is 7. The number of carboxylic acids is 1. The molecule has 0 aliphatic carbocycles. The van der Waals surface area contributed by atoms with Gasteiger partial charge < -0.3 is 15.5 Å². The van der Waals surface area contributed by atoms with Crippen molar-refractivity contribution in [1.29, 1.82) is 0 Å². The van der Waals surface area contributed by atoms with Crippen LogP contribution in [0.1, 0.15) is 13.3 Å². The summed E-state index contributed by atoms with van der Waals surface area (Å²) < 4.78 is 0. The van der Waals surface area contributed by atoms with E-state index < -0.39 is 11.9 Å². The molecule has 0 heterocycles. The van der Waals surface area contributed by atoms with Crippen LogP contribution < -0.4 is 61.8 Å². The molecule has 0 saturated carbocycles. The van der Waals surface area contributed by atoms with Crippen LogP contribution in [0.2, 0.25) is 0 Å². The maximum atomic E-state index is 10.8. The van der Waals surface area contributed by atoms with E-state index >= 15 is 0 Å². The van der Waals surface area contributed by atoms with Crippen LogP contribution in [-0.2, 0) is 4.79 Å². The largest absolute Gasteiger partial charge is 1.00 e. The Morgan fingerprint density at radius 3 is 2.67 bits per heavy atom. The van der Waals surface area contributed by atoms with Crippen LogP contribution in [0.4, 0.5) is 0 Å². The summed E-state index contributed by atoms with van der Waals surface area (Å²) in [6.45, 7) is 3.96. The molecule has 6 heteroatoms. The van der Waals surface area contributed by atoms with Crippen molar-refractivity contribution in [2.75, 3.05) is 19.6 Å². The Hall–Kier alpha value is 0.276. The molecule has 80 valence electrons. The minimum atomic E-state index is -1.14. The van der Waals surface area contributed by atoms with E-state index in [4.69, 9.17) is 5.11 Å². The summed E-state index contributed by atoms with van der Waals surface area (Å²) >= 11 is 0. The number of hydrogen-bond acceptors (Lipinski definition) is 4. The zero-order valence-electron chi connectivity index (χ0n) is 9.19. The maximum Gasteiger partial charge on any atom is 1.00 e. The first-order valence-corrected chi connectivity index (χ1v) is 4.50. The Labute approximate surface area is 132 Å². The van der Waals surface area contributed by atoms with E-state index in [0.717, 1.165) is 25.1 Å². The van der Waals surface area contributed by atoms with Gasteiger partial charge in [-0.25, -0.2) is 4.79 Å². The van der Waals surface area contributed by atoms with Crippen LogP contribution >= 0.6 is 0 Å². The fourth-order valence-corrected chi connectivity index (χ4v) is 0.742. The number of aliphatic carboxylic acids is 1. The van der Waals surface area contributed by atoms with Crippen LogP contribution in [0, 0.1) is 0 Å². The molecule has 5 nitrogen and oxygen atoms in total. The number of carbonyl (C=O) groups is 1. The fraction of sp³-hybridized carbons (Fsp3) is 0.556. The fourth-order valence-electron chi connectivity index (χ4n) is 0.742. The van der Waals surface area contributed by atoms with Crippen molar-refractivity contribution in [3.8, 4) is 0 Å². The van der Waals surface area contributed by atoms with E-state index in [1.807, 2.05) is 6.92 Å². The molecule has 0 atom stereocenters. The van der Waals surface area contributed by atoms with Gasteiger partial charge in [-0.1, -0.05) is 6.92 Å². The van der Waals surface area contributed by atoms with Gasteiger partial charge in [0.25, 0.3) is 0 Å². The number of carboxylic acid groups (broad SMARTS) is 1. The van der Waals surface area contributed by atoms with Crippen molar-refractivity contribution in [3.05, 3.63) is 12.2 Å². The normalized spacial score (nSPS) is 11.4. The summed E-state index contributed by atoms with van der Waals surface area (Å²) in [7, 11) is 0. The van der Waals surface area contributed by atoms with Gasteiger partial charge in [0, 0.05) is 12.6 Å². The quantitative estimate of drug-likeness (QED) is 0.158. The Morgan fingerprint density at radius 2 is 2.13 bits per heavy atom. The third-order valence-electron chi connectivity index (χ3n) is 1.35. The molecule has 0 aromatic heterocycles. The summed E-state index contributed by atoms with van der Waals surface area (Å²) in [6, 6.07) is 0. The van der Waals surface area contributed by atoms with E-state index in [-0.39, 0.29) is 51.4 Å². The molecule has 0 radical (unpaired) electrons. The molecule has 2 N–H and O–H groups in total. The average Bonchev–Trinajstić information content (AvgIpc) is 2.14. The zero-order chi connectivity index (χ0) is 10.8. The summed E-state index contributed by atoms with van der Waals surface area (Å²) in [5.41, 5.74) is 0. The molecule has 0 spiro atoms. The average molecular weight is 238 g/mol. The molecule has 0 aromatic rings. The van der Waals surface area contributed by atoms with Crippen molar-refractivity contribution in [2.45, 2.75) is 13.3 Å². The second-order valence-corrected chi connectivity index (χ2v) is 2.64. The Bertz CT molecular complexity index is 229. The standard InChI is InChI=1S/C9H16N2O3.K/c1-2-5-10-6-7-11-8(12)3-4-9(13)14;/h3-4,10H,2,5-7H2,1H3,(H,11,12)(H,13,14);/q;+1/p-1/b4-3+;. The molecule has 0 aliphatic heterocycles. The Balaban J connectivity index is 0. The second kappa shape index (κ2) is 12.3. The van der Waals surface area contributed by atoms with Crippen molar-refractivity contribution in [2.24, 2.45) is 4.99 Å². The van der Waals surface area contributed by atoms with Crippen LogP contribution in [0.25, 0.3) is 0 Å². The van der Waals surface area contributed by atoms with E-state index in [9.17, 15) is 9.90 Å². The van der Waals surface area contributed by atoms with Gasteiger partial charge in [-0.2, -0.15) is 0 Å². The molecule has 0 aliphatic rings. The van der Waals surface area contributed by atoms with Crippen molar-refractivity contribution in [3.63, 3.8) is 0 Å². The van der Waals surface area contributed by atoms with Crippen LogP contribution in [-0.4, -0.2) is 36.6 Å². The maximum absolute atomic E-state index is 10.8. The van der Waals surface area contributed by atoms with Gasteiger partial charge in [0.2, 0.25) is 0 Å². The van der Waals surface area contributed by atoms with Gasteiger partial charge in [0.05, 0.1) is 6.54 Å². The van der Waals surface area contributed by atoms with E-state index in [2.05, 4.69) is 10.3 Å². The molecule has 0 fully saturated rings. The van der Waals surface area contributed by atoms with Gasteiger partial charge in [0.1, 0.15) is 0 Å². The van der Waals surface area contributed by atoms with Gasteiger partial charge in [0.15, 0.2) is 0 Å². The van der Waals surface area contributed by atoms with Crippen molar-refractivity contribution < 1.29 is 66.4 Å². The minimum Gasteiger partial charge on any atom is -0.859 e. The summed E-state index contributed by atoms with van der Waals surface area (Å²) in [5, 5.41) is 22.1. The predicted molar refractivity (Wildman–Crippen MR) is 52.2 cm³/mol. The number of nitrogens with one attached hydrogen (secondary N) is 1. The number of nitrogens with zero attached hydrogens (tertiary/aromatic N) is 1. The Morgan fingerprint density at radius 1 is 1.47 bits per heavy atom. The van der Waals surface area contributed by atoms with Crippen LogP contribution in [0.5, 0.6) is 0 Å². The second-order valence-electron chi connectivity index (χ2n) is 2.64. The Kier molecular flexibility index (Phi) is 14.5. The number of aliphatic imine (C=N–C) groups is 1. The molecule has 0 aromatic carbocycles. The molecule has 15 heavy (non-hydrogen) atoms. The zero-order valence-corrected chi connectivity index (χ0v) is 12.3. The van der Waals surface area contributed by atoms with E-state index in [1.54, 1.807) is 0 Å². The molecule has 0 saturated heterocycles. The van der Waals surface area contributed by atoms with Gasteiger partial charge in [-0.3, -0.25) is 4.99 Å². The molecule has 0 bridgehead atoms. The van der Waals surface area contributed by atoms with Crippen molar-refractivity contribution >= 4 is 11.9 Å². The first-order valence-electron chi connectivity index (χ1n) is 4.50. The van der Waals surface area contributed by atoms with Gasteiger partial charge >= 0.3 is 57.4 Å². The van der Waals surface area contributed by atoms with Gasteiger partial charge in [-0.05, 0) is 24.9 Å².